The van der Waals surface area contributed by atoms with E-state index in [1.165, 1.54) is 30.4 Å². The molecule has 1 amide bonds. The van der Waals surface area contributed by atoms with E-state index in [0.717, 1.165) is 12.8 Å². The van der Waals surface area contributed by atoms with Crippen LogP contribution < -0.4 is 11.1 Å². The fourth-order valence-corrected chi connectivity index (χ4v) is 3.54. The minimum absolute atomic E-state index is 0.0355. The van der Waals surface area contributed by atoms with Gasteiger partial charge in [0.15, 0.2) is 0 Å². The van der Waals surface area contributed by atoms with Crippen molar-refractivity contribution in [2.45, 2.75) is 58.4 Å². The molecule has 0 bridgehead atoms. The Morgan fingerprint density at radius 2 is 1.95 bits per heavy atom. The molecule has 0 saturated heterocycles. The number of nitrogens with one attached hydrogen (secondary N) is 1. The van der Waals surface area contributed by atoms with Crippen LogP contribution in [0.2, 0.25) is 0 Å². The highest BCUT2D eigenvalue weighted by atomic mass is 16.1. The first-order chi connectivity index (χ1) is 10.1. The number of aryl methyl sites for hydroxylation is 1. The van der Waals surface area contributed by atoms with E-state index < -0.39 is 0 Å². The van der Waals surface area contributed by atoms with Crippen molar-refractivity contribution < 1.29 is 4.79 Å². The van der Waals surface area contributed by atoms with Crippen molar-refractivity contribution in [3.8, 4) is 0 Å². The number of carbonyl (C=O) groups excluding carboxylic acids is 1. The van der Waals surface area contributed by atoms with Gasteiger partial charge in [-0.3, -0.25) is 4.79 Å². The maximum absolute atomic E-state index is 12.4. The van der Waals surface area contributed by atoms with Gasteiger partial charge >= 0.3 is 0 Å². The fourth-order valence-electron chi connectivity index (χ4n) is 3.54. The predicted molar refractivity (Wildman–Crippen MR) is 86.9 cm³/mol. The topological polar surface area (TPSA) is 55.1 Å². The molecule has 0 spiro atoms. The normalized spacial score (nSPS) is 19.0. The summed E-state index contributed by atoms with van der Waals surface area (Å²) in [4.78, 5) is 12.4. The van der Waals surface area contributed by atoms with Gasteiger partial charge in [-0.05, 0) is 49.8 Å². The van der Waals surface area contributed by atoms with Crippen molar-refractivity contribution in [2.75, 3.05) is 6.54 Å². The lowest BCUT2D eigenvalue weighted by Gasteiger charge is -2.36. The van der Waals surface area contributed by atoms with Crippen LogP contribution in [-0.4, -0.2) is 12.5 Å². The zero-order chi connectivity index (χ0) is 15.3. The lowest BCUT2D eigenvalue weighted by Crippen LogP contribution is -2.39. The van der Waals surface area contributed by atoms with Gasteiger partial charge in [-0.2, -0.15) is 0 Å². The van der Waals surface area contributed by atoms with Crippen LogP contribution >= 0.6 is 0 Å². The highest BCUT2D eigenvalue weighted by Gasteiger charge is 2.33. The van der Waals surface area contributed by atoms with Crippen molar-refractivity contribution in [3.63, 3.8) is 0 Å². The van der Waals surface area contributed by atoms with Crippen LogP contribution in [0.5, 0.6) is 0 Å². The molecule has 1 atom stereocenters. The molecule has 0 radical (unpaired) electrons. The summed E-state index contributed by atoms with van der Waals surface area (Å²) >= 11 is 0. The van der Waals surface area contributed by atoms with Crippen LogP contribution in [0.15, 0.2) is 24.3 Å². The van der Waals surface area contributed by atoms with E-state index in [4.69, 9.17) is 5.73 Å². The number of benzene rings is 1. The van der Waals surface area contributed by atoms with Crippen LogP contribution in [0.3, 0.4) is 0 Å². The van der Waals surface area contributed by atoms with E-state index >= 15 is 0 Å². The van der Waals surface area contributed by atoms with Gasteiger partial charge in [0.2, 0.25) is 5.91 Å². The number of carbonyl (C=O) groups is 1. The van der Waals surface area contributed by atoms with Gasteiger partial charge in [0.1, 0.15) is 0 Å². The van der Waals surface area contributed by atoms with Gasteiger partial charge in [-0.15, -0.1) is 0 Å². The molecule has 3 heteroatoms. The molecule has 1 aromatic carbocycles. The predicted octanol–water partition coefficient (Wildman–Crippen LogP) is 3.47. The van der Waals surface area contributed by atoms with E-state index in [2.05, 4.69) is 31.3 Å². The molecule has 1 aromatic rings. The second-order valence-electron chi connectivity index (χ2n) is 6.59. The standard InChI is InChI=1S/C18H28N2O/c1-14-8-4-5-9-16(14)15(2)20-17(21)12-18(13-19)10-6-3-7-11-18/h4-5,8-9,15H,3,6-7,10-13,19H2,1-2H3,(H,20,21). The number of amides is 1. The van der Waals surface area contributed by atoms with Crippen molar-refractivity contribution >= 4 is 5.91 Å². The van der Waals surface area contributed by atoms with Gasteiger partial charge in [0, 0.05) is 6.42 Å². The second-order valence-corrected chi connectivity index (χ2v) is 6.59. The molecule has 1 saturated carbocycles. The lowest BCUT2D eigenvalue weighted by atomic mass is 9.71. The molecule has 3 N–H and O–H groups in total. The average molecular weight is 288 g/mol. The average Bonchev–Trinajstić information content (AvgIpc) is 2.48. The third kappa shape index (κ3) is 4.07. The number of nitrogens with two attached hydrogens (primary N) is 1. The summed E-state index contributed by atoms with van der Waals surface area (Å²) in [6, 6.07) is 8.27. The van der Waals surface area contributed by atoms with Crippen LogP contribution in [0.25, 0.3) is 0 Å². The molecule has 0 heterocycles. The Balaban J connectivity index is 1.96. The van der Waals surface area contributed by atoms with Crippen LogP contribution in [0.4, 0.5) is 0 Å². The molecule has 0 aromatic heterocycles. The van der Waals surface area contributed by atoms with Crippen LogP contribution in [0.1, 0.15) is 62.6 Å². The summed E-state index contributed by atoms with van der Waals surface area (Å²) in [6.45, 7) is 4.76. The molecule has 116 valence electrons. The molecular formula is C18H28N2O. The molecule has 3 nitrogen and oxygen atoms in total. The molecule has 21 heavy (non-hydrogen) atoms. The van der Waals surface area contributed by atoms with E-state index in [1.54, 1.807) is 0 Å². The summed E-state index contributed by atoms with van der Waals surface area (Å²) in [7, 11) is 0. The summed E-state index contributed by atoms with van der Waals surface area (Å²) < 4.78 is 0. The monoisotopic (exact) mass is 288 g/mol. The minimum atomic E-state index is 0.0355. The Morgan fingerprint density at radius 3 is 2.57 bits per heavy atom. The lowest BCUT2D eigenvalue weighted by molar-refractivity contribution is -0.124. The van der Waals surface area contributed by atoms with Gasteiger partial charge in [-0.25, -0.2) is 0 Å². The maximum atomic E-state index is 12.4. The highest BCUT2D eigenvalue weighted by Crippen LogP contribution is 2.38. The summed E-state index contributed by atoms with van der Waals surface area (Å²) in [5.41, 5.74) is 8.42. The first-order valence-electron chi connectivity index (χ1n) is 8.11. The highest BCUT2D eigenvalue weighted by molar-refractivity contribution is 5.77. The molecule has 2 rings (SSSR count). The first-order valence-corrected chi connectivity index (χ1v) is 8.11. The van der Waals surface area contributed by atoms with E-state index in [0.29, 0.717) is 13.0 Å². The minimum Gasteiger partial charge on any atom is -0.350 e. The number of rotatable bonds is 5. The number of hydrogen-bond acceptors (Lipinski definition) is 2. The van der Waals surface area contributed by atoms with Gasteiger partial charge in [0.25, 0.3) is 0 Å². The Kier molecular flexibility index (Phi) is 5.40. The number of hydrogen-bond donors (Lipinski definition) is 2. The van der Waals surface area contributed by atoms with Crippen molar-refractivity contribution in [1.29, 1.82) is 0 Å². The molecule has 1 fully saturated rings. The van der Waals surface area contributed by atoms with E-state index in [9.17, 15) is 4.79 Å². The molecule has 1 unspecified atom stereocenters. The van der Waals surface area contributed by atoms with E-state index in [1.807, 2.05) is 12.1 Å². The molecular weight excluding hydrogens is 260 g/mol. The SMILES string of the molecule is Cc1ccccc1C(C)NC(=O)CC1(CN)CCCCC1. The Hall–Kier alpha value is -1.35. The maximum Gasteiger partial charge on any atom is 0.221 e. The first kappa shape index (κ1) is 16.0. The quantitative estimate of drug-likeness (QED) is 0.871. The summed E-state index contributed by atoms with van der Waals surface area (Å²) in [6.07, 6.45) is 6.45. The Labute approximate surface area is 128 Å². The van der Waals surface area contributed by atoms with Crippen LogP contribution in [-0.2, 0) is 4.79 Å². The Morgan fingerprint density at radius 1 is 1.29 bits per heavy atom. The van der Waals surface area contributed by atoms with Crippen molar-refractivity contribution in [2.24, 2.45) is 11.1 Å². The van der Waals surface area contributed by atoms with Gasteiger partial charge < -0.3 is 11.1 Å². The van der Waals surface area contributed by atoms with E-state index in [-0.39, 0.29) is 17.4 Å². The van der Waals surface area contributed by atoms with Crippen LogP contribution in [0, 0.1) is 12.3 Å². The summed E-state index contributed by atoms with van der Waals surface area (Å²) in [5, 5.41) is 3.15. The molecule has 0 aliphatic heterocycles. The van der Waals surface area contributed by atoms with Crippen molar-refractivity contribution in [3.05, 3.63) is 35.4 Å². The zero-order valence-electron chi connectivity index (χ0n) is 13.3. The van der Waals surface area contributed by atoms with Crippen molar-refractivity contribution in [1.82, 2.24) is 5.32 Å². The van der Waals surface area contributed by atoms with Gasteiger partial charge in [-0.1, -0.05) is 43.5 Å². The Bertz CT molecular complexity index is 478. The van der Waals surface area contributed by atoms with Gasteiger partial charge in [0.05, 0.1) is 6.04 Å². The fraction of sp³-hybridized carbons (Fsp3) is 0.611. The largest absolute Gasteiger partial charge is 0.350 e. The molecule has 1 aliphatic carbocycles. The smallest absolute Gasteiger partial charge is 0.221 e. The third-order valence-corrected chi connectivity index (χ3v) is 4.92. The zero-order valence-corrected chi connectivity index (χ0v) is 13.3. The third-order valence-electron chi connectivity index (χ3n) is 4.92. The second kappa shape index (κ2) is 7.08. The molecule has 1 aliphatic rings. The summed E-state index contributed by atoms with van der Waals surface area (Å²) in [5.74, 6) is 0.137.